The Balaban J connectivity index is 1.71. The van der Waals surface area contributed by atoms with Crippen molar-refractivity contribution in [2.75, 3.05) is 36.0 Å². The van der Waals surface area contributed by atoms with Crippen molar-refractivity contribution in [3.05, 3.63) is 72.1 Å². The number of hydrogen-bond donors (Lipinski definition) is 0. The fourth-order valence-corrected chi connectivity index (χ4v) is 6.74. The molecule has 7 heterocycles. The third-order valence-electron chi connectivity index (χ3n) is 8.56. The lowest BCUT2D eigenvalue weighted by Gasteiger charge is -2.13. The molecule has 5 aromatic heterocycles. The van der Waals surface area contributed by atoms with Crippen molar-refractivity contribution in [1.29, 1.82) is 0 Å². The molecule has 2 aliphatic rings. The first-order valence-corrected chi connectivity index (χ1v) is 13.4. The molecule has 0 spiro atoms. The first-order chi connectivity index (χ1) is 17.7. The SMILES string of the molecule is Cc1cc2c(cc1C)n1c(N3CCCC3)[n+]3ccccc3c1c1c3cccc[n+]3c(N3CCCC3)n21. The summed E-state index contributed by atoms with van der Waals surface area (Å²) in [6.45, 7) is 8.93. The summed E-state index contributed by atoms with van der Waals surface area (Å²) in [5, 5.41) is 0. The molecule has 0 aliphatic carbocycles. The van der Waals surface area contributed by atoms with Gasteiger partial charge in [-0.05, 0) is 87.1 Å². The number of benzene rings is 1. The molecule has 6 aromatic rings. The van der Waals surface area contributed by atoms with E-state index in [-0.39, 0.29) is 0 Å². The molecular weight excluding hydrogens is 444 g/mol. The average Bonchev–Trinajstić information content (AvgIpc) is 3.69. The van der Waals surface area contributed by atoms with Crippen LogP contribution in [0.1, 0.15) is 36.8 Å². The van der Waals surface area contributed by atoms with Crippen LogP contribution in [0.5, 0.6) is 0 Å². The van der Waals surface area contributed by atoms with Crippen molar-refractivity contribution < 1.29 is 8.80 Å². The molecule has 0 radical (unpaired) electrons. The van der Waals surface area contributed by atoms with Crippen LogP contribution in [0.3, 0.4) is 0 Å². The zero-order chi connectivity index (χ0) is 24.0. The number of hydrogen-bond acceptors (Lipinski definition) is 2. The minimum atomic E-state index is 1.11. The van der Waals surface area contributed by atoms with E-state index in [0.717, 1.165) is 26.2 Å². The van der Waals surface area contributed by atoms with Gasteiger partial charge in [-0.3, -0.25) is 9.80 Å². The number of nitrogens with zero attached hydrogens (tertiary/aromatic N) is 6. The summed E-state index contributed by atoms with van der Waals surface area (Å²) in [6.07, 6.45) is 9.51. The lowest BCUT2D eigenvalue weighted by atomic mass is 10.1. The number of rotatable bonds is 2. The first-order valence-electron chi connectivity index (χ1n) is 13.4. The van der Waals surface area contributed by atoms with Crippen LogP contribution in [0.25, 0.3) is 33.1 Å². The molecule has 180 valence electrons. The van der Waals surface area contributed by atoms with Crippen molar-refractivity contribution in [2.45, 2.75) is 39.5 Å². The molecular formula is C30H32N6+2. The summed E-state index contributed by atoms with van der Waals surface area (Å²) >= 11 is 0. The van der Waals surface area contributed by atoms with Gasteiger partial charge in [-0.1, -0.05) is 12.1 Å². The Morgan fingerprint density at radius 2 is 1.00 bits per heavy atom. The Labute approximate surface area is 210 Å². The molecule has 0 atom stereocenters. The van der Waals surface area contributed by atoms with Gasteiger partial charge < -0.3 is 0 Å². The molecule has 1 aromatic carbocycles. The Hall–Kier alpha value is -3.80. The molecule has 2 fully saturated rings. The Morgan fingerprint density at radius 1 is 0.583 bits per heavy atom. The third kappa shape index (κ3) is 2.56. The van der Waals surface area contributed by atoms with Gasteiger partial charge in [0.2, 0.25) is 0 Å². The van der Waals surface area contributed by atoms with Gasteiger partial charge in [0.15, 0.2) is 22.1 Å². The quantitative estimate of drug-likeness (QED) is 0.340. The zero-order valence-corrected chi connectivity index (χ0v) is 21.1. The van der Waals surface area contributed by atoms with Crippen molar-refractivity contribution in [3.63, 3.8) is 0 Å². The zero-order valence-electron chi connectivity index (χ0n) is 21.1. The number of pyridine rings is 2. The molecule has 0 N–H and O–H groups in total. The van der Waals surface area contributed by atoms with E-state index in [0.29, 0.717) is 0 Å². The maximum atomic E-state index is 2.59. The fraction of sp³-hybridized carbons (Fsp3) is 0.333. The van der Waals surface area contributed by atoms with Gasteiger partial charge in [-0.2, -0.15) is 8.80 Å². The third-order valence-corrected chi connectivity index (χ3v) is 8.56. The number of aryl methyl sites for hydroxylation is 2. The molecule has 0 unspecified atom stereocenters. The van der Waals surface area contributed by atoms with E-state index >= 15 is 0 Å². The van der Waals surface area contributed by atoms with Crippen molar-refractivity contribution >= 4 is 45.0 Å². The van der Waals surface area contributed by atoms with E-state index in [4.69, 9.17) is 0 Å². The van der Waals surface area contributed by atoms with Crippen LogP contribution >= 0.6 is 0 Å². The van der Waals surface area contributed by atoms with Crippen LogP contribution < -0.4 is 18.6 Å². The van der Waals surface area contributed by atoms with Gasteiger partial charge in [0.25, 0.3) is 0 Å². The molecule has 0 saturated carbocycles. The van der Waals surface area contributed by atoms with Crippen LogP contribution in [-0.2, 0) is 0 Å². The fourth-order valence-electron chi connectivity index (χ4n) is 6.74. The molecule has 6 nitrogen and oxygen atoms in total. The Kier molecular flexibility index (Phi) is 4.17. The van der Waals surface area contributed by atoms with E-state index in [1.54, 1.807) is 0 Å². The molecule has 0 amide bonds. The van der Waals surface area contributed by atoms with Crippen LogP contribution in [0.15, 0.2) is 60.9 Å². The van der Waals surface area contributed by atoms with E-state index in [9.17, 15) is 0 Å². The van der Waals surface area contributed by atoms with Crippen molar-refractivity contribution in [2.24, 2.45) is 0 Å². The van der Waals surface area contributed by atoms with Gasteiger partial charge in [-0.15, -0.1) is 0 Å². The molecule has 2 saturated heterocycles. The van der Waals surface area contributed by atoms with Gasteiger partial charge in [0.1, 0.15) is 11.0 Å². The normalized spacial score (nSPS) is 16.7. The molecule has 6 heteroatoms. The highest BCUT2D eigenvalue weighted by atomic mass is 15.4. The smallest absolute Gasteiger partial charge is 0.263 e. The maximum Gasteiger partial charge on any atom is 0.370 e. The molecule has 36 heavy (non-hydrogen) atoms. The van der Waals surface area contributed by atoms with Gasteiger partial charge in [0.05, 0.1) is 38.6 Å². The monoisotopic (exact) mass is 476 g/mol. The van der Waals surface area contributed by atoms with Crippen LogP contribution in [0, 0.1) is 13.8 Å². The first kappa shape index (κ1) is 20.4. The predicted octanol–water partition coefficient (Wildman–Crippen LogP) is 4.64. The Bertz CT molecular complexity index is 1690. The standard InChI is InChI=1S/C30H32N6/c1-21-19-25-26(20-22(21)2)36-28(24-12-4-6-18-34(24)30(36)32-15-9-10-16-32)27-23-11-3-5-17-33(23)29(35(25)27)31-13-7-8-14-31/h3-6,11-12,17-20H,7-10,13-16H2,1-2H3/q+2. The van der Waals surface area contributed by atoms with Gasteiger partial charge in [-0.25, -0.2) is 8.80 Å². The number of aromatic nitrogens is 4. The summed E-state index contributed by atoms with van der Waals surface area (Å²) in [7, 11) is 0. The second kappa shape index (κ2) is 7.36. The molecule has 8 rings (SSSR count). The lowest BCUT2D eigenvalue weighted by molar-refractivity contribution is -0.497. The minimum absolute atomic E-state index is 1.11. The van der Waals surface area contributed by atoms with E-state index in [1.807, 2.05) is 0 Å². The molecule has 2 aliphatic heterocycles. The van der Waals surface area contributed by atoms with E-state index in [1.165, 1.54) is 81.8 Å². The highest BCUT2D eigenvalue weighted by molar-refractivity contribution is 6.04. The van der Waals surface area contributed by atoms with E-state index in [2.05, 4.69) is 102 Å². The second-order valence-corrected chi connectivity index (χ2v) is 10.7. The topological polar surface area (TPSA) is 23.5 Å². The Morgan fingerprint density at radius 3 is 1.42 bits per heavy atom. The van der Waals surface area contributed by atoms with Crippen LogP contribution in [0.4, 0.5) is 11.9 Å². The predicted molar refractivity (Wildman–Crippen MR) is 145 cm³/mol. The van der Waals surface area contributed by atoms with Gasteiger partial charge in [0, 0.05) is 0 Å². The highest BCUT2D eigenvalue weighted by Gasteiger charge is 2.37. The maximum absolute atomic E-state index is 2.59. The van der Waals surface area contributed by atoms with Crippen molar-refractivity contribution in [3.8, 4) is 0 Å². The number of anilines is 2. The van der Waals surface area contributed by atoms with E-state index < -0.39 is 0 Å². The highest BCUT2D eigenvalue weighted by Crippen LogP contribution is 2.36. The van der Waals surface area contributed by atoms with Crippen LogP contribution in [0.2, 0.25) is 0 Å². The summed E-state index contributed by atoms with van der Waals surface area (Å²) in [5.41, 5.74) is 10.4. The lowest BCUT2D eigenvalue weighted by Crippen LogP contribution is -2.33. The summed E-state index contributed by atoms with van der Waals surface area (Å²) in [5.74, 6) is 2.57. The summed E-state index contributed by atoms with van der Waals surface area (Å²) in [6, 6.07) is 18.1. The second-order valence-electron chi connectivity index (χ2n) is 10.7. The molecule has 0 bridgehead atoms. The largest absolute Gasteiger partial charge is 0.370 e. The summed E-state index contributed by atoms with van der Waals surface area (Å²) in [4.78, 5) is 5.18. The number of imidazole rings is 2. The number of fused-ring (bicyclic) bond motifs is 10. The van der Waals surface area contributed by atoms with Crippen molar-refractivity contribution in [1.82, 2.24) is 8.80 Å². The van der Waals surface area contributed by atoms with Gasteiger partial charge >= 0.3 is 11.9 Å². The summed E-state index contributed by atoms with van der Waals surface area (Å²) < 4.78 is 9.99. The average molecular weight is 477 g/mol. The van der Waals surface area contributed by atoms with Crippen LogP contribution in [-0.4, -0.2) is 35.0 Å². The minimum Gasteiger partial charge on any atom is -0.263 e.